The van der Waals surface area contributed by atoms with Crippen LogP contribution in [0.3, 0.4) is 0 Å². The molecule has 0 aromatic carbocycles. The van der Waals surface area contributed by atoms with Gasteiger partial charge in [0.15, 0.2) is 0 Å². The fourth-order valence-corrected chi connectivity index (χ4v) is 0.836. The number of carbonyl (C=O) groups excluding carboxylic acids is 1. The summed E-state index contributed by atoms with van der Waals surface area (Å²) < 4.78 is 0. The molecule has 0 unspecified atom stereocenters. The highest BCUT2D eigenvalue weighted by molar-refractivity contribution is 5.91. The second-order valence-corrected chi connectivity index (χ2v) is 2.49. The van der Waals surface area contributed by atoms with Crippen molar-refractivity contribution < 1.29 is 9.63 Å². The minimum Gasteiger partial charge on any atom is -0.303 e. The molecule has 7 heteroatoms. The van der Waals surface area contributed by atoms with Crippen molar-refractivity contribution in [1.29, 1.82) is 0 Å². The van der Waals surface area contributed by atoms with E-state index in [1.54, 1.807) is 0 Å². The zero-order chi connectivity index (χ0) is 10.7. The van der Waals surface area contributed by atoms with Crippen molar-refractivity contribution in [1.82, 2.24) is 15.0 Å². The maximum absolute atomic E-state index is 11.4. The van der Waals surface area contributed by atoms with E-state index in [-0.39, 0.29) is 5.69 Å². The molecule has 0 saturated carbocycles. The molecule has 1 aromatic heterocycles. The van der Waals surface area contributed by atoms with E-state index in [1.807, 2.05) is 4.98 Å². The first kappa shape index (κ1) is 10.2. The lowest BCUT2D eigenvalue weighted by atomic mass is 10.4. The number of aromatic nitrogens is 2. The van der Waals surface area contributed by atoms with Crippen LogP contribution in [-0.4, -0.2) is 35.1 Å². The number of hydrogen-bond acceptors (Lipinski definition) is 4. The quantitative estimate of drug-likeness (QED) is 0.578. The fourth-order valence-electron chi connectivity index (χ4n) is 0.836. The van der Waals surface area contributed by atoms with Gasteiger partial charge in [0.2, 0.25) is 0 Å². The Labute approximate surface area is 78.3 Å². The third kappa shape index (κ3) is 2.07. The lowest BCUT2D eigenvalue weighted by Gasteiger charge is -2.12. The molecule has 0 bridgehead atoms. The Bertz CT molecular complexity index is 418. The summed E-state index contributed by atoms with van der Waals surface area (Å²) in [7, 11) is 2.66. The van der Waals surface area contributed by atoms with Crippen LogP contribution in [0.5, 0.6) is 0 Å². The molecule has 1 heterocycles. The van der Waals surface area contributed by atoms with Gasteiger partial charge in [-0.15, -0.1) is 0 Å². The largest absolute Gasteiger partial charge is 0.326 e. The van der Waals surface area contributed by atoms with E-state index < -0.39 is 17.2 Å². The number of rotatable bonds is 2. The third-order valence-electron chi connectivity index (χ3n) is 1.55. The first-order valence-corrected chi connectivity index (χ1v) is 3.70. The van der Waals surface area contributed by atoms with E-state index in [4.69, 9.17) is 0 Å². The van der Waals surface area contributed by atoms with Crippen LogP contribution in [0.4, 0.5) is 0 Å². The maximum Gasteiger partial charge on any atom is 0.326 e. The van der Waals surface area contributed by atoms with Crippen molar-refractivity contribution in [3.05, 3.63) is 32.6 Å². The lowest BCUT2D eigenvalue weighted by molar-refractivity contribution is -0.0760. The molecule has 0 atom stereocenters. The third-order valence-corrected chi connectivity index (χ3v) is 1.55. The van der Waals surface area contributed by atoms with Gasteiger partial charge in [0.05, 0.1) is 7.11 Å². The van der Waals surface area contributed by atoms with Crippen molar-refractivity contribution in [2.45, 2.75) is 0 Å². The Balaban J connectivity index is 3.14. The Hall–Kier alpha value is -1.89. The van der Waals surface area contributed by atoms with Crippen molar-refractivity contribution >= 4 is 5.91 Å². The number of hydroxylamine groups is 2. The van der Waals surface area contributed by atoms with Crippen molar-refractivity contribution in [3.63, 3.8) is 0 Å². The maximum atomic E-state index is 11.4. The number of hydrogen-bond donors (Lipinski definition) is 2. The Morgan fingerprint density at radius 1 is 1.43 bits per heavy atom. The SMILES string of the molecule is CON(C)C(=O)c1cc(=O)[nH]c(=O)[nH]1. The molecule has 0 aliphatic carbocycles. The van der Waals surface area contributed by atoms with E-state index in [1.165, 1.54) is 14.2 Å². The predicted octanol–water partition coefficient (Wildman–Crippen LogP) is -1.30. The molecular formula is C7H9N3O4. The van der Waals surface area contributed by atoms with E-state index in [2.05, 4.69) is 9.82 Å². The summed E-state index contributed by atoms with van der Waals surface area (Å²) in [5.41, 5.74) is -1.49. The summed E-state index contributed by atoms with van der Waals surface area (Å²) in [5, 5.41) is 0.894. The van der Waals surface area contributed by atoms with Gasteiger partial charge in [-0.3, -0.25) is 19.4 Å². The summed E-state index contributed by atoms with van der Waals surface area (Å²) in [6, 6.07) is 0.985. The van der Waals surface area contributed by atoms with Crippen LogP contribution in [0.25, 0.3) is 0 Å². The molecule has 7 nitrogen and oxygen atoms in total. The van der Waals surface area contributed by atoms with Crippen LogP contribution in [0.15, 0.2) is 15.7 Å². The summed E-state index contributed by atoms with van der Waals surface area (Å²) in [6.45, 7) is 0. The second kappa shape index (κ2) is 3.88. The van der Waals surface area contributed by atoms with Gasteiger partial charge in [-0.05, 0) is 0 Å². The van der Waals surface area contributed by atoms with Crippen LogP contribution in [0.2, 0.25) is 0 Å². The standard InChI is InChI=1S/C7H9N3O4/c1-10(14-2)6(12)4-3-5(11)9-7(13)8-4/h3H,1-2H3,(H2,8,9,11,13). The molecule has 1 aromatic rings. The minimum absolute atomic E-state index is 0.122. The van der Waals surface area contributed by atoms with Crippen LogP contribution < -0.4 is 11.2 Å². The average Bonchev–Trinajstić information content (AvgIpc) is 2.14. The Morgan fingerprint density at radius 2 is 2.07 bits per heavy atom. The van der Waals surface area contributed by atoms with E-state index in [0.717, 1.165) is 11.1 Å². The van der Waals surface area contributed by atoms with Gasteiger partial charge in [0.1, 0.15) is 5.69 Å². The average molecular weight is 199 g/mol. The van der Waals surface area contributed by atoms with Gasteiger partial charge in [0, 0.05) is 13.1 Å². The van der Waals surface area contributed by atoms with Crippen LogP contribution in [0.1, 0.15) is 10.5 Å². The molecule has 1 amide bonds. The molecule has 0 aliphatic rings. The highest BCUT2D eigenvalue weighted by Gasteiger charge is 2.12. The van der Waals surface area contributed by atoms with Gasteiger partial charge in [-0.1, -0.05) is 0 Å². The van der Waals surface area contributed by atoms with Gasteiger partial charge in [0.25, 0.3) is 11.5 Å². The topological polar surface area (TPSA) is 95.3 Å². The second-order valence-electron chi connectivity index (χ2n) is 2.49. The van der Waals surface area contributed by atoms with Crippen LogP contribution in [-0.2, 0) is 4.84 Å². The smallest absolute Gasteiger partial charge is 0.303 e. The van der Waals surface area contributed by atoms with Gasteiger partial charge in [-0.25, -0.2) is 9.86 Å². The summed E-state index contributed by atoms with van der Waals surface area (Å²) in [6.07, 6.45) is 0. The normalized spacial score (nSPS) is 9.86. The number of carbonyl (C=O) groups is 1. The van der Waals surface area contributed by atoms with Crippen LogP contribution in [0, 0.1) is 0 Å². The molecule has 2 N–H and O–H groups in total. The number of nitrogens with one attached hydrogen (secondary N) is 2. The molecule has 0 radical (unpaired) electrons. The molecule has 0 fully saturated rings. The number of nitrogens with zero attached hydrogens (tertiary/aromatic N) is 1. The number of aromatic amines is 2. The Morgan fingerprint density at radius 3 is 2.57 bits per heavy atom. The monoisotopic (exact) mass is 199 g/mol. The summed E-state index contributed by atoms with van der Waals surface area (Å²) in [4.78, 5) is 41.7. The summed E-state index contributed by atoms with van der Waals surface area (Å²) in [5.74, 6) is -0.601. The zero-order valence-corrected chi connectivity index (χ0v) is 7.66. The molecule has 1 rings (SSSR count). The van der Waals surface area contributed by atoms with Gasteiger partial charge in [-0.2, -0.15) is 0 Å². The molecule has 14 heavy (non-hydrogen) atoms. The van der Waals surface area contributed by atoms with Crippen molar-refractivity contribution in [2.24, 2.45) is 0 Å². The molecular weight excluding hydrogens is 190 g/mol. The van der Waals surface area contributed by atoms with E-state index in [9.17, 15) is 14.4 Å². The molecule has 0 saturated heterocycles. The van der Waals surface area contributed by atoms with E-state index >= 15 is 0 Å². The van der Waals surface area contributed by atoms with Gasteiger partial charge < -0.3 is 4.98 Å². The lowest BCUT2D eigenvalue weighted by Crippen LogP contribution is -2.31. The highest BCUT2D eigenvalue weighted by atomic mass is 16.7. The van der Waals surface area contributed by atoms with Crippen molar-refractivity contribution in [3.8, 4) is 0 Å². The highest BCUT2D eigenvalue weighted by Crippen LogP contribution is 1.93. The Kier molecular flexibility index (Phi) is 2.82. The number of H-pyrrole nitrogens is 2. The molecule has 0 spiro atoms. The zero-order valence-electron chi connectivity index (χ0n) is 7.66. The minimum atomic E-state index is -0.731. The van der Waals surface area contributed by atoms with Crippen LogP contribution >= 0.6 is 0 Å². The summed E-state index contributed by atoms with van der Waals surface area (Å²) >= 11 is 0. The first-order chi connectivity index (χ1) is 6.54. The van der Waals surface area contributed by atoms with Gasteiger partial charge >= 0.3 is 5.69 Å². The fraction of sp³-hybridized carbons (Fsp3) is 0.286. The molecule has 76 valence electrons. The van der Waals surface area contributed by atoms with E-state index in [0.29, 0.717) is 0 Å². The predicted molar refractivity (Wildman–Crippen MR) is 46.8 cm³/mol. The first-order valence-electron chi connectivity index (χ1n) is 3.70. The van der Waals surface area contributed by atoms with Crippen molar-refractivity contribution in [2.75, 3.05) is 14.2 Å². The molecule has 0 aliphatic heterocycles. The number of amides is 1.